The molecule has 0 aliphatic heterocycles. The third-order valence-electron chi connectivity index (χ3n) is 4.33. The van der Waals surface area contributed by atoms with Crippen LogP contribution >= 0.6 is 0 Å². The van der Waals surface area contributed by atoms with E-state index in [2.05, 4.69) is 10.5 Å². The molecule has 0 aliphatic rings. The van der Waals surface area contributed by atoms with Crippen molar-refractivity contribution in [3.05, 3.63) is 72.0 Å². The first-order valence-electron chi connectivity index (χ1n) is 9.11. The fraction of sp³-hybridized carbons (Fsp3) is 0.190. The van der Waals surface area contributed by atoms with Crippen molar-refractivity contribution in [2.45, 2.75) is 19.4 Å². The minimum absolute atomic E-state index is 0.0866. The first-order valence-corrected chi connectivity index (χ1v) is 9.11. The molecule has 3 rings (SSSR count). The van der Waals surface area contributed by atoms with E-state index in [-0.39, 0.29) is 30.2 Å². The number of rotatable bonds is 8. The van der Waals surface area contributed by atoms with Gasteiger partial charge in [0.05, 0.1) is 12.1 Å². The lowest BCUT2D eigenvalue weighted by atomic mass is 10.0. The lowest BCUT2D eigenvalue weighted by Gasteiger charge is -2.17. The first-order chi connectivity index (χ1) is 14.1. The van der Waals surface area contributed by atoms with Crippen molar-refractivity contribution >= 4 is 11.8 Å². The van der Waals surface area contributed by atoms with Gasteiger partial charge in [0, 0.05) is 5.56 Å². The van der Waals surface area contributed by atoms with Crippen LogP contribution in [0.3, 0.4) is 0 Å². The summed E-state index contributed by atoms with van der Waals surface area (Å²) < 4.78 is 10.2. The normalized spacial score (nSPS) is 11.5. The second kappa shape index (κ2) is 9.52. The number of hydrogen-bond acceptors (Lipinski definition) is 6. The molecule has 0 aliphatic carbocycles. The van der Waals surface area contributed by atoms with Crippen molar-refractivity contribution in [3.63, 3.8) is 0 Å². The van der Waals surface area contributed by atoms with Gasteiger partial charge >= 0.3 is 5.91 Å². The summed E-state index contributed by atoms with van der Waals surface area (Å²) in [5.41, 5.74) is 4.11. The molecule has 2 aromatic carbocycles. The Balaban J connectivity index is 1.56. The van der Waals surface area contributed by atoms with Crippen molar-refractivity contribution < 1.29 is 24.1 Å². The number of ether oxygens (including phenoxy) is 1. The predicted molar refractivity (Wildman–Crippen MR) is 105 cm³/mol. The molecular formula is C21H21N3O5. The molecule has 1 aromatic heterocycles. The van der Waals surface area contributed by atoms with Crippen LogP contribution in [0.15, 0.2) is 65.2 Å². The number of hydroxylamine groups is 1. The molecule has 150 valence electrons. The Hall–Kier alpha value is -3.65. The van der Waals surface area contributed by atoms with Gasteiger partial charge in [-0.05, 0) is 34.8 Å². The Morgan fingerprint density at radius 2 is 1.76 bits per heavy atom. The minimum Gasteiger partial charge on any atom is -0.473 e. The number of aromatic nitrogens is 1. The highest BCUT2D eigenvalue weighted by Gasteiger charge is 2.16. The Morgan fingerprint density at radius 1 is 1.07 bits per heavy atom. The number of hydrogen-bond donors (Lipinski definition) is 3. The largest absolute Gasteiger partial charge is 0.473 e. The zero-order valence-corrected chi connectivity index (χ0v) is 15.8. The van der Waals surface area contributed by atoms with E-state index >= 15 is 0 Å². The summed E-state index contributed by atoms with van der Waals surface area (Å²) in [5.74, 6) is -1.13. The van der Waals surface area contributed by atoms with E-state index in [0.717, 1.165) is 11.1 Å². The van der Waals surface area contributed by atoms with E-state index in [9.17, 15) is 9.59 Å². The molecule has 0 bridgehead atoms. The SMILES string of the molecule is CC[C@@H](COc1cc(C(=O)NO)on1)NC(=O)c1ccc(-c2ccccc2)cc1. The molecule has 8 heteroatoms. The maximum atomic E-state index is 12.5. The van der Waals surface area contributed by atoms with E-state index in [4.69, 9.17) is 14.5 Å². The summed E-state index contributed by atoms with van der Waals surface area (Å²) in [7, 11) is 0. The third kappa shape index (κ3) is 5.20. The highest BCUT2D eigenvalue weighted by molar-refractivity contribution is 5.95. The molecule has 0 spiro atoms. The van der Waals surface area contributed by atoms with E-state index in [0.29, 0.717) is 12.0 Å². The van der Waals surface area contributed by atoms with Crippen LogP contribution < -0.4 is 15.5 Å². The lowest BCUT2D eigenvalue weighted by Crippen LogP contribution is -2.38. The highest BCUT2D eigenvalue weighted by Crippen LogP contribution is 2.19. The van der Waals surface area contributed by atoms with Crippen LogP contribution in [0.1, 0.15) is 34.3 Å². The summed E-state index contributed by atoms with van der Waals surface area (Å²) in [6.45, 7) is 2.07. The number of nitrogens with one attached hydrogen (secondary N) is 2. The second-order valence-corrected chi connectivity index (χ2v) is 6.30. The van der Waals surface area contributed by atoms with Crippen LogP contribution in [0.25, 0.3) is 11.1 Å². The van der Waals surface area contributed by atoms with Crippen molar-refractivity contribution in [2.75, 3.05) is 6.61 Å². The van der Waals surface area contributed by atoms with Crippen molar-refractivity contribution in [2.24, 2.45) is 0 Å². The van der Waals surface area contributed by atoms with Gasteiger partial charge in [0.1, 0.15) is 6.61 Å². The molecule has 1 heterocycles. The Morgan fingerprint density at radius 3 is 2.41 bits per heavy atom. The maximum absolute atomic E-state index is 12.5. The summed E-state index contributed by atoms with van der Waals surface area (Å²) in [4.78, 5) is 23.8. The monoisotopic (exact) mass is 395 g/mol. The van der Waals surface area contributed by atoms with E-state index < -0.39 is 5.91 Å². The van der Waals surface area contributed by atoms with E-state index in [1.54, 1.807) is 12.1 Å². The van der Waals surface area contributed by atoms with Crippen LogP contribution in [-0.2, 0) is 0 Å². The smallest absolute Gasteiger partial charge is 0.313 e. The van der Waals surface area contributed by atoms with Gasteiger partial charge in [-0.2, -0.15) is 0 Å². The van der Waals surface area contributed by atoms with Gasteiger partial charge in [-0.25, -0.2) is 5.48 Å². The zero-order chi connectivity index (χ0) is 20.6. The maximum Gasteiger partial charge on any atom is 0.313 e. The van der Waals surface area contributed by atoms with Crippen LogP contribution in [0.2, 0.25) is 0 Å². The Labute approximate surface area is 167 Å². The highest BCUT2D eigenvalue weighted by atomic mass is 16.5. The molecular weight excluding hydrogens is 374 g/mol. The topological polar surface area (TPSA) is 114 Å². The Kier molecular flexibility index (Phi) is 6.59. The summed E-state index contributed by atoms with van der Waals surface area (Å²) >= 11 is 0. The molecule has 0 fully saturated rings. The molecule has 1 atom stereocenters. The molecule has 0 saturated carbocycles. The van der Waals surface area contributed by atoms with Crippen LogP contribution in [0, 0.1) is 0 Å². The van der Waals surface area contributed by atoms with Gasteiger partial charge in [-0.1, -0.05) is 49.4 Å². The molecule has 3 N–H and O–H groups in total. The fourth-order valence-electron chi connectivity index (χ4n) is 2.65. The van der Waals surface area contributed by atoms with Crippen molar-refractivity contribution in [3.8, 4) is 17.0 Å². The summed E-state index contributed by atoms with van der Waals surface area (Å²) in [5, 5.41) is 15.1. The van der Waals surface area contributed by atoms with Gasteiger partial charge in [0.2, 0.25) is 5.76 Å². The average Bonchev–Trinajstić information content (AvgIpc) is 3.25. The molecule has 3 aromatic rings. The lowest BCUT2D eigenvalue weighted by molar-refractivity contribution is 0.0666. The number of carbonyl (C=O) groups is 2. The quantitative estimate of drug-likeness (QED) is 0.399. The molecule has 29 heavy (non-hydrogen) atoms. The second-order valence-electron chi connectivity index (χ2n) is 6.30. The van der Waals surface area contributed by atoms with Crippen molar-refractivity contribution in [1.29, 1.82) is 0 Å². The minimum atomic E-state index is -0.827. The molecule has 0 radical (unpaired) electrons. The standard InChI is InChI=1S/C21H21N3O5/c1-2-17(13-28-19-12-18(29-24-19)21(26)23-27)22-20(25)16-10-8-15(9-11-16)14-6-4-3-5-7-14/h3-12,17,27H,2,13H2,1H3,(H,22,25)(H,23,26)/t17-/m0/s1. The van der Waals surface area contributed by atoms with Gasteiger partial charge in [-0.3, -0.25) is 14.8 Å². The Bertz CT molecular complexity index is 954. The van der Waals surface area contributed by atoms with Crippen molar-refractivity contribution in [1.82, 2.24) is 16.0 Å². The van der Waals surface area contributed by atoms with Crippen LogP contribution in [-0.4, -0.2) is 34.8 Å². The first kappa shape index (κ1) is 20.1. The average molecular weight is 395 g/mol. The molecule has 0 saturated heterocycles. The zero-order valence-electron chi connectivity index (χ0n) is 15.8. The van der Waals surface area contributed by atoms with Crippen LogP contribution in [0.4, 0.5) is 0 Å². The van der Waals surface area contributed by atoms with Gasteiger partial charge in [0.15, 0.2) is 0 Å². The fourth-order valence-corrected chi connectivity index (χ4v) is 2.65. The molecule has 0 unspecified atom stereocenters. The summed E-state index contributed by atoms with van der Waals surface area (Å²) in [6.07, 6.45) is 0.635. The van der Waals surface area contributed by atoms with Gasteiger partial charge in [-0.15, -0.1) is 0 Å². The number of amides is 2. The van der Waals surface area contributed by atoms with E-state index in [1.165, 1.54) is 11.5 Å². The third-order valence-corrected chi connectivity index (χ3v) is 4.33. The number of carbonyl (C=O) groups excluding carboxylic acids is 2. The van der Waals surface area contributed by atoms with Gasteiger partial charge < -0.3 is 14.6 Å². The predicted octanol–water partition coefficient (Wildman–Crippen LogP) is 3.05. The molecule has 2 amide bonds. The summed E-state index contributed by atoms with van der Waals surface area (Å²) in [6, 6.07) is 18.3. The number of nitrogens with zero attached hydrogens (tertiary/aromatic N) is 1. The molecule has 8 nitrogen and oxygen atoms in total. The number of benzene rings is 2. The van der Waals surface area contributed by atoms with Gasteiger partial charge in [0.25, 0.3) is 11.8 Å². The van der Waals surface area contributed by atoms with E-state index in [1.807, 2.05) is 49.4 Å². The van der Waals surface area contributed by atoms with Crippen LogP contribution in [0.5, 0.6) is 5.88 Å².